The summed E-state index contributed by atoms with van der Waals surface area (Å²) in [6.07, 6.45) is 5.01. The van der Waals surface area contributed by atoms with E-state index < -0.39 is 5.79 Å². The number of hydrogen-bond donors (Lipinski definition) is 1. The number of benzene rings is 1. The summed E-state index contributed by atoms with van der Waals surface area (Å²) in [5, 5.41) is 3.09. The molecule has 0 amide bonds. The van der Waals surface area contributed by atoms with E-state index in [-0.39, 0.29) is 24.4 Å². The lowest BCUT2D eigenvalue weighted by Crippen LogP contribution is -2.46. The number of aromatic nitrogens is 1. The van der Waals surface area contributed by atoms with Gasteiger partial charge in [0, 0.05) is 50.9 Å². The Morgan fingerprint density at radius 3 is 2.50 bits per heavy atom. The summed E-state index contributed by atoms with van der Waals surface area (Å²) in [6.45, 7) is 0.696. The molecule has 1 saturated carbocycles. The molecule has 0 saturated heterocycles. The topological polar surface area (TPSA) is 69.7 Å². The first-order chi connectivity index (χ1) is 14.6. The molecule has 7 heteroatoms. The molecule has 1 aromatic heterocycles. The standard InChI is InChI=1S/C17H22N2O4.C6H5F/c1-18-16(11-23-12-20)15-6-13(9-19-10-15)4-5-14-7-17(8-14,21-2)22-3;7-6-4-2-1-3-5-6/h6,9-10,12,14,16,18H,7-8,11H2,1-3H3;1-5H. The molecule has 0 bridgehead atoms. The molecule has 1 fully saturated rings. The minimum atomic E-state index is -0.469. The van der Waals surface area contributed by atoms with Crippen LogP contribution in [0.15, 0.2) is 48.8 Å². The fraction of sp³-hybridized carbons (Fsp3) is 0.391. The van der Waals surface area contributed by atoms with Gasteiger partial charge in [-0.3, -0.25) is 9.78 Å². The maximum absolute atomic E-state index is 11.9. The molecule has 160 valence electrons. The van der Waals surface area contributed by atoms with Crippen LogP contribution < -0.4 is 5.32 Å². The molecule has 3 rings (SSSR count). The van der Waals surface area contributed by atoms with Crippen LogP contribution in [0.2, 0.25) is 0 Å². The van der Waals surface area contributed by atoms with Gasteiger partial charge in [-0.2, -0.15) is 0 Å². The lowest BCUT2D eigenvalue weighted by Gasteiger charge is -2.42. The first-order valence-corrected chi connectivity index (χ1v) is 9.55. The van der Waals surface area contributed by atoms with Gasteiger partial charge in [0.1, 0.15) is 12.4 Å². The second-order valence-corrected chi connectivity index (χ2v) is 6.77. The number of carbonyl (C=O) groups excluding carboxylic acids is 1. The van der Waals surface area contributed by atoms with Gasteiger partial charge in [-0.15, -0.1) is 0 Å². The predicted octanol–water partition coefficient (Wildman–Crippen LogP) is 3.09. The van der Waals surface area contributed by atoms with Gasteiger partial charge in [0.15, 0.2) is 5.79 Å². The zero-order valence-corrected chi connectivity index (χ0v) is 17.4. The van der Waals surface area contributed by atoms with Crippen molar-refractivity contribution in [1.82, 2.24) is 10.3 Å². The van der Waals surface area contributed by atoms with Crippen molar-refractivity contribution in [2.75, 3.05) is 27.9 Å². The van der Waals surface area contributed by atoms with Crippen molar-refractivity contribution in [1.29, 1.82) is 0 Å². The third kappa shape index (κ3) is 6.92. The molecule has 0 spiro atoms. The Morgan fingerprint density at radius 2 is 1.97 bits per heavy atom. The number of halogens is 1. The predicted molar refractivity (Wildman–Crippen MR) is 111 cm³/mol. The van der Waals surface area contributed by atoms with Gasteiger partial charge >= 0.3 is 0 Å². The molecule has 1 aliphatic carbocycles. The van der Waals surface area contributed by atoms with E-state index in [4.69, 9.17) is 14.2 Å². The zero-order chi connectivity index (χ0) is 21.8. The summed E-state index contributed by atoms with van der Waals surface area (Å²) in [7, 11) is 5.11. The Labute approximate surface area is 176 Å². The number of methoxy groups -OCH3 is 2. The molecule has 1 N–H and O–H groups in total. The number of nitrogens with one attached hydrogen (secondary N) is 1. The quantitative estimate of drug-likeness (QED) is 0.427. The van der Waals surface area contributed by atoms with Crippen LogP contribution in [0.4, 0.5) is 4.39 Å². The number of likely N-dealkylation sites (N-methyl/N-ethyl adjacent to an activating group) is 1. The first kappa shape index (κ1) is 23.5. The van der Waals surface area contributed by atoms with E-state index in [0.717, 1.165) is 24.0 Å². The minimum Gasteiger partial charge on any atom is -0.466 e. The van der Waals surface area contributed by atoms with Gasteiger partial charge in [0.05, 0.1) is 6.04 Å². The lowest BCUT2D eigenvalue weighted by atomic mass is 9.79. The highest BCUT2D eigenvalue weighted by Crippen LogP contribution is 2.40. The highest BCUT2D eigenvalue weighted by atomic mass is 19.1. The smallest absolute Gasteiger partial charge is 0.293 e. The van der Waals surface area contributed by atoms with Crippen LogP contribution in [0, 0.1) is 23.6 Å². The first-order valence-electron chi connectivity index (χ1n) is 9.55. The molecule has 6 nitrogen and oxygen atoms in total. The molecule has 0 radical (unpaired) electrons. The Morgan fingerprint density at radius 1 is 1.27 bits per heavy atom. The van der Waals surface area contributed by atoms with E-state index in [0.29, 0.717) is 6.47 Å². The summed E-state index contributed by atoms with van der Waals surface area (Å²) in [4.78, 5) is 14.5. The molecule has 30 heavy (non-hydrogen) atoms. The van der Waals surface area contributed by atoms with Crippen LogP contribution in [0.3, 0.4) is 0 Å². The maximum Gasteiger partial charge on any atom is 0.293 e. The Bertz CT molecular complexity index is 839. The van der Waals surface area contributed by atoms with Crippen LogP contribution in [0.1, 0.15) is 30.0 Å². The highest BCUT2D eigenvalue weighted by molar-refractivity contribution is 5.38. The summed E-state index contributed by atoms with van der Waals surface area (Å²) in [5.41, 5.74) is 1.76. The van der Waals surface area contributed by atoms with Gasteiger partial charge in [-0.1, -0.05) is 30.0 Å². The molecule has 2 aromatic rings. The Balaban J connectivity index is 0.000000386. The number of ether oxygens (including phenoxy) is 3. The molecule has 0 aliphatic heterocycles. The zero-order valence-electron chi connectivity index (χ0n) is 17.4. The van der Waals surface area contributed by atoms with Crippen molar-refractivity contribution < 1.29 is 23.4 Å². The normalized spacial score (nSPS) is 15.5. The van der Waals surface area contributed by atoms with Crippen molar-refractivity contribution >= 4 is 6.47 Å². The van der Waals surface area contributed by atoms with E-state index in [1.807, 2.05) is 6.07 Å². The number of pyridine rings is 1. The molecule has 1 aliphatic rings. The summed E-state index contributed by atoms with van der Waals surface area (Å²) in [6, 6.07) is 9.79. The van der Waals surface area contributed by atoms with Gasteiger partial charge in [0.25, 0.3) is 6.47 Å². The molecular formula is C23H27FN2O4. The van der Waals surface area contributed by atoms with Crippen LogP contribution in [0.25, 0.3) is 0 Å². The third-order valence-electron chi connectivity index (χ3n) is 4.85. The van der Waals surface area contributed by atoms with E-state index in [9.17, 15) is 9.18 Å². The molecule has 1 unspecified atom stereocenters. The van der Waals surface area contributed by atoms with E-state index in [1.54, 1.807) is 51.9 Å². The molecular weight excluding hydrogens is 387 g/mol. The number of nitrogens with zero attached hydrogens (tertiary/aromatic N) is 1. The van der Waals surface area contributed by atoms with Gasteiger partial charge < -0.3 is 19.5 Å². The maximum atomic E-state index is 11.9. The average molecular weight is 414 g/mol. The van der Waals surface area contributed by atoms with Crippen LogP contribution in [0.5, 0.6) is 0 Å². The van der Waals surface area contributed by atoms with Crippen LogP contribution in [-0.2, 0) is 19.0 Å². The number of carbonyl (C=O) groups is 1. The SMILES string of the molecule is CNC(COC=O)c1cncc(C#CC2CC(OC)(OC)C2)c1.Fc1ccccc1. The summed E-state index contributed by atoms with van der Waals surface area (Å²) in [5.74, 6) is 5.99. The van der Waals surface area contributed by atoms with E-state index >= 15 is 0 Å². The summed E-state index contributed by atoms with van der Waals surface area (Å²) < 4.78 is 27.4. The van der Waals surface area contributed by atoms with Crippen LogP contribution >= 0.6 is 0 Å². The van der Waals surface area contributed by atoms with Gasteiger partial charge in [-0.25, -0.2) is 4.39 Å². The monoisotopic (exact) mass is 414 g/mol. The highest BCUT2D eigenvalue weighted by Gasteiger charge is 2.44. The second-order valence-electron chi connectivity index (χ2n) is 6.77. The second kappa shape index (κ2) is 12.0. The van der Waals surface area contributed by atoms with Crippen molar-refractivity contribution in [2.24, 2.45) is 5.92 Å². The van der Waals surface area contributed by atoms with Crippen molar-refractivity contribution in [2.45, 2.75) is 24.7 Å². The molecule has 1 heterocycles. The fourth-order valence-electron chi connectivity index (χ4n) is 3.01. The van der Waals surface area contributed by atoms with E-state index in [2.05, 4.69) is 22.1 Å². The number of hydrogen-bond acceptors (Lipinski definition) is 6. The van der Waals surface area contributed by atoms with Crippen molar-refractivity contribution in [3.8, 4) is 11.8 Å². The lowest BCUT2D eigenvalue weighted by molar-refractivity contribution is -0.261. The van der Waals surface area contributed by atoms with Gasteiger partial charge in [0.2, 0.25) is 0 Å². The largest absolute Gasteiger partial charge is 0.466 e. The minimum absolute atomic E-state index is 0.104. The van der Waals surface area contributed by atoms with E-state index in [1.165, 1.54) is 12.1 Å². The Kier molecular flexibility index (Phi) is 9.42. The molecule has 1 aromatic carbocycles. The van der Waals surface area contributed by atoms with Crippen molar-refractivity contribution in [3.63, 3.8) is 0 Å². The Hall–Kier alpha value is -2.79. The molecule has 1 atom stereocenters. The third-order valence-corrected chi connectivity index (χ3v) is 4.85. The fourth-order valence-corrected chi connectivity index (χ4v) is 3.01. The summed E-state index contributed by atoms with van der Waals surface area (Å²) >= 11 is 0. The number of rotatable bonds is 7. The van der Waals surface area contributed by atoms with Crippen LogP contribution in [-0.4, -0.2) is 45.1 Å². The van der Waals surface area contributed by atoms with Crippen molar-refractivity contribution in [3.05, 3.63) is 65.7 Å². The van der Waals surface area contributed by atoms with Gasteiger partial charge in [-0.05, 0) is 30.8 Å². The average Bonchev–Trinajstić information content (AvgIpc) is 2.75.